The van der Waals surface area contributed by atoms with Crippen LogP contribution in [0.4, 0.5) is 10.1 Å². The second kappa shape index (κ2) is 4.42. The molecule has 3 heteroatoms. The maximum absolute atomic E-state index is 12.9. The molecule has 13 heavy (non-hydrogen) atoms. The SMILES string of the molecule is Cc1cc(F)cc(C=CCBr)c1N. The van der Waals surface area contributed by atoms with Crippen molar-refractivity contribution >= 4 is 27.7 Å². The van der Waals surface area contributed by atoms with E-state index in [9.17, 15) is 4.39 Å². The Morgan fingerprint density at radius 1 is 1.54 bits per heavy atom. The van der Waals surface area contributed by atoms with Gasteiger partial charge in [0.05, 0.1) is 0 Å². The van der Waals surface area contributed by atoms with Crippen LogP contribution in [0.5, 0.6) is 0 Å². The van der Waals surface area contributed by atoms with Gasteiger partial charge in [-0.05, 0) is 24.6 Å². The zero-order chi connectivity index (χ0) is 9.84. The largest absolute Gasteiger partial charge is 0.398 e. The van der Waals surface area contributed by atoms with E-state index in [1.165, 1.54) is 12.1 Å². The fraction of sp³-hybridized carbons (Fsp3) is 0.200. The van der Waals surface area contributed by atoms with Crippen LogP contribution in [0.2, 0.25) is 0 Å². The molecule has 0 fully saturated rings. The van der Waals surface area contributed by atoms with Gasteiger partial charge in [0.1, 0.15) is 5.82 Å². The lowest BCUT2D eigenvalue weighted by Gasteiger charge is -2.04. The quantitative estimate of drug-likeness (QED) is 0.627. The molecule has 0 saturated heterocycles. The third-order valence-corrected chi connectivity index (χ3v) is 2.14. The van der Waals surface area contributed by atoms with Crippen LogP contribution in [-0.2, 0) is 0 Å². The highest BCUT2D eigenvalue weighted by atomic mass is 79.9. The minimum atomic E-state index is -0.249. The molecule has 70 valence electrons. The molecule has 0 heterocycles. The van der Waals surface area contributed by atoms with Crippen LogP contribution in [0.1, 0.15) is 11.1 Å². The Hall–Kier alpha value is -0.830. The van der Waals surface area contributed by atoms with Crippen molar-refractivity contribution in [2.45, 2.75) is 6.92 Å². The highest BCUT2D eigenvalue weighted by molar-refractivity contribution is 9.09. The summed E-state index contributed by atoms with van der Waals surface area (Å²) in [5.41, 5.74) is 7.90. The van der Waals surface area contributed by atoms with Gasteiger partial charge < -0.3 is 5.73 Å². The van der Waals surface area contributed by atoms with Crippen LogP contribution in [0.3, 0.4) is 0 Å². The van der Waals surface area contributed by atoms with E-state index in [4.69, 9.17) is 5.73 Å². The standard InChI is InChI=1S/C10H11BrFN/c1-7-5-9(12)6-8(10(7)13)3-2-4-11/h2-3,5-6H,4,13H2,1H3. The van der Waals surface area contributed by atoms with E-state index in [0.29, 0.717) is 5.69 Å². The molecule has 0 aliphatic carbocycles. The Bertz CT molecular complexity index is 334. The fourth-order valence-corrected chi connectivity index (χ4v) is 1.28. The fourth-order valence-electron chi connectivity index (χ4n) is 1.09. The minimum Gasteiger partial charge on any atom is -0.398 e. The lowest BCUT2D eigenvalue weighted by atomic mass is 10.1. The van der Waals surface area contributed by atoms with E-state index in [-0.39, 0.29) is 5.82 Å². The van der Waals surface area contributed by atoms with Gasteiger partial charge in [-0.2, -0.15) is 0 Å². The van der Waals surface area contributed by atoms with Crippen LogP contribution < -0.4 is 5.73 Å². The molecule has 0 aliphatic heterocycles. The van der Waals surface area contributed by atoms with Crippen LogP contribution >= 0.6 is 15.9 Å². The van der Waals surface area contributed by atoms with Crippen LogP contribution in [0, 0.1) is 12.7 Å². The molecule has 0 saturated carbocycles. The van der Waals surface area contributed by atoms with E-state index in [1.54, 1.807) is 13.0 Å². The van der Waals surface area contributed by atoms with Crippen LogP contribution in [-0.4, -0.2) is 5.33 Å². The van der Waals surface area contributed by atoms with E-state index in [1.807, 2.05) is 6.08 Å². The van der Waals surface area contributed by atoms with Crippen molar-refractivity contribution in [1.29, 1.82) is 0 Å². The summed E-state index contributed by atoms with van der Waals surface area (Å²) in [5, 5.41) is 0.738. The molecule has 0 bridgehead atoms. The molecule has 0 unspecified atom stereocenters. The molecule has 1 rings (SSSR count). The van der Waals surface area contributed by atoms with Gasteiger partial charge in [-0.3, -0.25) is 0 Å². The van der Waals surface area contributed by atoms with Crippen LogP contribution in [0.25, 0.3) is 6.08 Å². The molecule has 2 N–H and O–H groups in total. The van der Waals surface area contributed by atoms with E-state index >= 15 is 0 Å². The summed E-state index contributed by atoms with van der Waals surface area (Å²) in [6.07, 6.45) is 3.69. The molecule has 0 atom stereocenters. The summed E-state index contributed by atoms with van der Waals surface area (Å²) >= 11 is 3.25. The zero-order valence-corrected chi connectivity index (χ0v) is 8.94. The summed E-state index contributed by atoms with van der Waals surface area (Å²) in [4.78, 5) is 0. The Labute approximate surface area is 85.6 Å². The number of nitrogens with two attached hydrogens (primary N) is 1. The molecule has 1 nitrogen and oxygen atoms in total. The summed E-state index contributed by atoms with van der Waals surface area (Å²) in [6, 6.07) is 2.86. The normalized spacial score (nSPS) is 11.0. The second-order valence-electron chi connectivity index (χ2n) is 2.78. The number of rotatable bonds is 2. The smallest absolute Gasteiger partial charge is 0.124 e. The molecule has 1 aromatic rings. The molecule has 1 aromatic carbocycles. The summed E-state index contributed by atoms with van der Waals surface area (Å²) in [7, 11) is 0. The highest BCUT2D eigenvalue weighted by Crippen LogP contribution is 2.20. The molecule has 0 aromatic heterocycles. The van der Waals surface area contributed by atoms with Crippen molar-refractivity contribution < 1.29 is 4.39 Å². The Balaban J connectivity index is 3.12. The topological polar surface area (TPSA) is 26.0 Å². The maximum atomic E-state index is 12.9. The predicted molar refractivity (Wildman–Crippen MR) is 58.4 cm³/mol. The number of alkyl halides is 1. The molecular formula is C10H11BrFN. The van der Waals surface area contributed by atoms with Crippen molar-refractivity contribution in [3.05, 3.63) is 35.2 Å². The average Bonchev–Trinajstić information content (AvgIpc) is 2.09. The van der Waals surface area contributed by atoms with Gasteiger partial charge in [0.15, 0.2) is 0 Å². The second-order valence-corrected chi connectivity index (χ2v) is 3.43. The number of anilines is 1. The van der Waals surface area contributed by atoms with Gasteiger partial charge in [-0.15, -0.1) is 0 Å². The zero-order valence-electron chi connectivity index (χ0n) is 7.35. The minimum absolute atomic E-state index is 0.249. The number of aryl methyl sites for hydroxylation is 1. The van der Waals surface area contributed by atoms with E-state index in [2.05, 4.69) is 15.9 Å². The maximum Gasteiger partial charge on any atom is 0.124 e. The number of benzene rings is 1. The first-order chi connectivity index (χ1) is 6.15. The van der Waals surface area contributed by atoms with Gasteiger partial charge in [-0.1, -0.05) is 28.1 Å². The third kappa shape index (κ3) is 2.56. The van der Waals surface area contributed by atoms with Crippen LogP contribution in [0.15, 0.2) is 18.2 Å². The number of nitrogen functional groups attached to an aromatic ring is 1. The van der Waals surface area contributed by atoms with Gasteiger partial charge in [0.25, 0.3) is 0 Å². The first kappa shape index (κ1) is 10.3. The number of allylic oxidation sites excluding steroid dienone is 1. The van der Waals surface area contributed by atoms with Crippen molar-refractivity contribution in [2.75, 3.05) is 11.1 Å². The summed E-state index contributed by atoms with van der Waals surface area (Å²) < 4.78 is 12.9. The first-order valence-electron chi connectivity index (χ1n) is 3.93. The number of halogens is 2. The number of hydrogen-bond donors (Lipinski definition) is 1. The van der Waals surface area contributed by atoms with Crippen molar-refractivity contribution in [3.63, 3.8) is 0 Å². The van der Waals surface area contributed by atoms with E-state index in [0.717, 1.165) is 16.5 Å². The van der Waals surface area contributed by atoms with Gasteiger partial charge >= 0.3 is 0 Å². The Morgan fingerprint density at radius 2 is 2.23 bits per heavy atom. The lowest BCUT2D eigenvalue weighted by Crippen LogP contribution is -1.94. The van der Waals surface area contributed by atoms with Crippen molar-refractivity contribution in [2.24, 2.45) is 0 Å². The Kier molecular flexibility index (Phi) is 3.48. The molecular weight excluding hydrogens is 233 g/mol. The van der Waals surface area contributed by atoms with Gasteiger partial charge in [0.2, 0.25) is 0 Å². The van der Waals surface area contributed by atoms with E-state index < -0.39 is 0 Å². The molecule has 0 amide bonds. The van der Waals surface area contributed by atoms with Crippen molar-refractivity contribution in [1.82, 2.24) is 0 Å². The molecule has 0 spiro atoms. The lowest BCUT2D eigenvalue weighted by molar-refractivity contribution is 0.626. The molecule has 0 aliphatic rings. The first-order valence-corrected chi connectivity index (χ1v) is 5.05. The summed E-state index contributed by atoms with van der Waals surface area (Å²) in [6.45, 7) is 1.80. The highest BCUT2D eigenvalue weighted by Gasteiger charge is 2.01. The average molecular weight is 244 g/mol. The van der Waals surface area contributed by atoms with Gasteiger partial charge in [0, 0.05) is 16.6 Å². The molecule has 0 radical (unpaired) electrons. The summed E-state index contributed by atoms with van der Waals surface area (Å²) in [5.74, 6) is -0.249. The predicted octanol–water partition coefficient (Wildman–Crippen LogP) is 3.12. The van der Waals surface area contributed by atoms with Gasteiger partial charge in [-0.25, -0.2) is 4.39 Å². The monoisotopic (exact) mass is 243 g/mol. The third-order valence-electron chi connectivity index (χ3n) is 1.77. The Morgan fingerprint density at radius 3 is 2.85 bits per heavy atom. The van der Waals surface area contributed by atoms with Crippen molar-refractivity contribution in [3.8, 4) is 0 Å². The number of hydrogen-bond acceptors (Lipinski definition) is 1.